The third-order valence-electron chi connectivity index (χ3n) is 3.91. The fourth-order valence-corrected chi connectivity index (χ4v) is 2.34. The normalized spacial score (nSPS) is 19.5. The first-order chi connectivity index (χ1) is 8.81. The molecule has 1 amide bonds. The zero-order chi connectivity index (χ0) is 14.2. The summed E-state index contributed by atoms with van der Waals surface area (Å²) in [5, 5.41) is 0. The molecular weight excluding hydrogens is 240 g/mol. The van der Waals surface area contributed by atoms with E-state index in [0.717, 1.165) is 18.8 Å². The molecule has 2 heterocycles. The molecule has 0 bridgehead atoms. The number of aryl methyl sites for hydroxylation is 1. The number of amides is 1. The Bertz CT molecular complexity index is 498. The summed E-state index contributed by atoms with van der Waals surface area (Å²) in [5.41, 5.74) is 7.75. The Morgan fingerprint density at radius 2 is 2.11 bits per heavy atom. The molecule has 2 rings (SSSR count). The van der Waals surface area contributed by atoms with Gasteiger partial charge in [-0.1, -0.05) is 0 Å². The average molecular weight is 262 g/mol. The third kappa shape index (κ3) is 2.71. The fourth-order valence-electron chi connectivity index (χ4n) is 2.34. The first-order valence-corrected chi connectivity index (χ1v) is 6.54. The zero-order valence-corrected chi connectivity index (χ0v) is 12.1. The number of pyridine rings is 1. The summed E-state index contributed by atoms with van der Waals surface area (Å²) in [4.78, 5) is 20.8. The molecule has 0 aliphatic carbocycles. The molecule has 1 fully saturated rings. The molecule has 0 unspecified atom stereocenters. The van der Waals surface area contributed by atoms with Crippen LogP contribution in [0.4, 0.5) is 5.69 Å². The van der Waals surface area contributed by atoms with Gasteiger partial charge in [0, 0.05) is 42.8 Å². The molecule has 0 atom stereocenters. The van der Waals surface area contributed by atoms with Crippen molar-refractivity contribution in [3.63, 3.8) is 0 Å². The molecule has 1 aromatic rings. The number of anilines is 1. The number of piperazine rings is 1. The lowest BCUT2D eigenvalue weighted by atomic mass is 9.99. The van der Waals surface area contributed by atoms with E-state index in [-0.39, 0.29) is 11.4 Å². The van der Waals surface area contributed by atoms with Crippen molar-refractivity contribution in [3.8, 4) is 0 Å². The molecule has 0 radical (unpaired) electrons. The van der Waals surface area contributed by atoms with E-state index in [0.29, 0.717) is 17.8 Å². The van der Waals surface area contributed by atoms with Crippen LogP contribution in [-0.2, 0) is 0 Å². The smallest absolute Gasteiger partial charge is 0.257 e. The van der Waals surface area contributed by atoms with Gasteiger partial charge in [0.25, 0.3) is 5.91 Å². The van der Waals surface area contributed by atoms with Gasteiger partial charge >= 0.3 is 0 Å². The van der Waals surface area contributed by atoms with Gasteiger partial charge in [0.15, 0.2) is 0 Å². The fraction of sp³-hybridized carbons (Fsp3) is 0.571. The van der Waals surface area contributed by atoms with Crippen molar-refractivity contribution in [2.75, 3.05) is 32.4 Å². The molecule has 5 heteroatoms. The highest BCUT2D eigenvalue weighted by atomic mass is 16.2. The Morgan fingerprint density at radius 1 is 1.42 bits per heavy atom. The topological polar surface area (TPSA) is 62.5 Å². The van der Waals surface area contributed by atoms with Gasteiger partial charge in [-0.15, -0.1) is 0 Å². The predicted octanol–water partition coefficient (Wildman–Crippen LogP) is 1.14. The highest BCUT2D eigenvalue weighted by Gasteiger charge is 2.34. The average Bonchev–Trinajstić information content (AvgIpc) is 2.32. The summed E-state index contributed by atoms with van der Waals surface area (Å²) >= 11 is 0. The van der Waals surface area contributed by atoms with Gasteiger partial charge in [-0.3, -0.25) is 14.7 Å². The van der Waals surface area contributed by atoms with Crippen LogP contribution in [-0.4, -0.2) is 52.9 Å². The quantitative estimate of drug-likeness (QED) is 0.824. The maximum Gasteiger partial charge on any atom is 0.257 e. The Kier molecular flexibility index (Phi) is 3.49. The van der Waals surface area contributed by atoms with Gasteiger partial charge in [0.05, 0.1) is 5.56 Å². The van der Waals surface area contributed by atoms with E-state index in [1.165, 1.54) is 0 Å². The second-order valence-corrected chi connectivity index (χ2v) is 5.87. The highest BCUT2D eigenvalue weighted by molar-refractivity contribution is 5.99. The van der Waals surface area contributed by atoms with Gasteiger partial charge in [-0.25, -0.2) is 0 Å². The van der Waals surface area contributed by atoms with Crippen LogP contribution in [0.15, 0.2) is 12.3 Å². The maximum absolute atomic E-state index is 12.5. The highest BCUT2D eigenvalue weighted by Crippen LogP contribution is 2.22. The van der Waals surface area contributed by atoms with Crippen molar-refractivity contribution in [1.29, 1.82) is 0 Å². The molecule has 1 aliphatic rings. The number of nitrogens with two attached hydrogens (primary N) is 1. The molecule has 0 spiro atoms. The number of hydrogen-bond donors (Lipinski definition) is 1. The first kappa shape index (κ1) is 13.8. The SMILES string of the molecule is Cc1cc(N)c(C(=O)N2CCN(C)C(C)(C)C2)cn1. The zero-order valence-electron chi connectivity index (χ0n) is 12.1. The second-order valence-electron chi connectivity index (χ2n) is 5.87. The molecule has 1 aromatic heterocycles. The molecule has 0 saturated carbocycles. The van der Waals surface area contributed by atoms with Crippen LogP contribution in [0.3, 0.4) is 0 Å². The summed E-state index contributed by atoms with van der Waals surface area (Å²) in [7, 11) is 2.09. The molecule has 19 heavy (non-hydrogen) atoms. The lowest BCUT2D eigenvalue weighted by Gasteiger charge is -2.45. The van der Waals surface area contributed by atoms with E-state index in [2.05, 4.69) is 30.8 Å². The van der Waals surface area contributed by atoms with Crippen LogP contribution >= 0.6 is 0 Å². The van der Waals surface area contributed by atoms with Crippen molar-refractivity contribution >= 4 is 11.6 Å². The van der Waals surface area contributed by atoms with Gasteiger partial charge in [0.1, 0.15) is 0 Å². The minimum absolute atomic E-state index is 0.0131. The van der Waals surface area contributed by atoms with Crippen LogP contribution < -0.4 is 5.73 Å². The number of carbonyl (C=O) groups excluding carboxylic acids is 1. The van der Waals surface area contributed by atoms with E-state index < -0.39 is 0 Å². The number of aromatic nitrogens is 1. The van der Waals surface area contributed by atoms with E-state index in [1.54, 1.807) is 12.3 Å². The van der Waals surface area contributed by atoms with Crippen LogP contribution in [0, 0.1) is 6.92 Å². The molecule has 0 aromatic carbocycles. The Hall–Kier alpha value is -1.62. The minimum atomic E-state index is -0.0221. The van der Waals surface area contributed by atoms with Crippen LogP contribution in [0.5, 0.6) is 0 Å². The van der Waals surface area contributed by atoms with Crippen molar-refractivity contribution in [3.05, 3.63) is 23.5 Å². The molecule has 1 aliphatic heterocycles. The lowest BCUT2D eigenvalue weighted by Crippen LogP contribution is -2.58. The third-order valence-corrected chi connectivity index (χ3v) is 3.91. The monoisotopic (exact) mass is 262 g/mol. The maximum atomic E-state index is 12.5. The molecule has 2 N–H and O–H groups in total. The Morgan fingerprint density at radius 3 is 2.68 bits per heavy atom. The van der Waals surface area contributed by atoms with Crippen LogP contribution in [0.2, 0.25) is 0 Å². The Labute approximate surface area is 114 Å². The van der Waals surface area contributed by atoms with Gasteiger partial charge in [-0.2, -0.15) is 0 Å². The molecule has 104 valence electrons. The number of nitrogen functional groups attached to an aromatic ring is 1. The Balaban J connectivity index is 2.21. The number of rotatable bonds is 1. The van der Waals surface area contributed by atoms with Crippen molar-refractivity contribution in [2.45, 2.75) is 26.3 Å². The number of hydrogen-bond acceptors (Lipinski definition) is 4. The largest absolute Gasteiger partial charge is 0.398 e. The van der Waals surface area contributed by atoms with Crippen molar-refractivity contribution < 1.29 is 4.79 Å². The summed E-state index contributed by atoms with van der Waals surface area (Å²) in [6.45, 7) is 8.45. The van der Waals surface area contributed by atoms with Gasteiger partial charge in [-0.05, 0) is 33.9 Å². The second kappa shape index (κ2) is 4.81. The predicted molar refractivity (Wildman–Crippen MR) is 76.0 cm³/mol. The van der Waals surface area contributed by atoms with Crippen LogP contribution in [0.1, 0.15) is 29.9 Å². The number of likely N-dealkylation sites (N-methyl/N-ethyl adjacent to an activating group) is 1. The summed E-state index contributed by atoms with van der Waals surface area (Å²) in [6, 6.07) is 1.74. The number of carbonyl (C=O) groups is 1. The molecule has 1 saturated heterocycles. The minimum Gasteiger partial charge on any atom is -0.398 e. The molecular formula is C14H22N4O. The van der Waals surface area contributed by atoms with Gasteiger partial charge < -0.3 is 10.6 Å². The standard InChI is InChI=1S/C14H22N4O/c1-10-7-12(15)11(8-16-10)13(19)18-6-5-17(4)14(2,3)9-18/h7-8H,5-6,9H2,1-4H3,(H2,15,16). The van der Waals surface area contributed by atoms with E-state index in [9.17, 15) is 4.79 Å². The van der Waals surface area contributed by atoms with Crippen LogP contribution in [0.25, 0.3) is 0 Å². The lowest BCUT2D eigenvalue weighted by molar-refractivity contribution is 0.0312. The van der Waals surface area contributed by atoms with E-state index in [1.807, 2.05) is 11.8 Å². The van der Waals surface area contributed by atoms with Crippen molar-refractivity contribution in [1.82, 2.24) is 14.8 Å². The summed E-state index contributed by atoms with van der Waals surface area (Å²) < 4.78 is 0. The van der Waals surface area contributed by atoms with Crippen molar-refractivity contribution in [2.24, 2.45) is 0 Å². The summed E-state index contributed by atoms with van der Waals surface area (Å²) in [5.74, 6) is -0.0221. The number of nitrogens with zero attached hydrogens (tertiary/aromatic N) is 3. The molecule has 5 nitrogen and oxygen atoms in total. The van der Waals surface area contributed by atoms with Gasteiger partial charge in [0.2, 0.25) is 0 Å². The van der Waals surface area contributed by atoms with E-state index in [4.69, 9.17) is 5.73 Å². The summed E-state index contributed by atoms with van der Waals surface area (Å²) in [6.07, 6.45) is 1.58. The van der Waals surface area contributed by atoms with E-state index >= 15 is 0 Å². The first-order valence-electron chi connectivity index (χ1n) is 6.54.